The molecular weight excluding hydrogens is 1640 g/mol. The molecule has 9 aromatic rings. The summed E-state index contributed by atoms with van der Waals surface area (Å²) in [5.41, 5.74) is 11.6. The lowest BCUT2D eigenvalue weighted by molar-refractivity contribution is -0.193. The monoisotopic (exact) mass is 1740 g/mol. The Morgan fingerprint density at radius 1 is 0.391 bits per heavy atom. The van der Waals surface area contributed by atoms with Gasteiger partial charge in [0, 0.05) is 138 Å². The van der Waals surface area contributed by atoms with Crippen LogP contribution in [-0.4, -0.2) is 257 Å². The molecule has 2 atom stereocenters. The van der Waals surface area contributed by atoms with Gasteiger partial charge in [0.15, 0.2) is 5.78 Å². The molecule has 3 amide bonds. The van der Waals surface area contributed by atoms with Gasteiger partial charge in [0.2, 0.25) is 11.8 Å². The van der Waals surface area contributed by atoms with Crippen molar-refractivity contribution in [3.05, 3.63) is 286 Å². The molecule has 2 saturated heterocycles. The zero-order chi connectivity index (χ0) is 90.4. The quantitative estimate of drug-likeness (QED) is 0.0715. The van der Waals surface area contributed by atoms with E-state index in [1.807, 2.05) is 193 Å². The molecule has 0 spiro atoms. The minimum absolute atomic E-state index is 0.00973. The number of benzene rings is 5. The first kappa shape index (κ1) is 98.8. The lowest BCUT2D eigenvalue weighted by Crippen LogP contribution is -2.39. The van der Waals surface area contributed by atoms with E-state index >= 15 is 0 Å². The zero-order valence-electron chi connectivity index (χ0n) is 71.4. The second-order valence-corrected chi connectivity index (χ2v) is 29.0. The molecule has 8 heterocycles. The number of amides is 3. The molecule has 0 radical (unpaired) electrons. The Labute approximate surface area is 744 Å². The van der Waals surface area contributed by atoms with Gasteiger partial charge < -0.3 is 58.1 Å². The molecule has 5 aromatic carbocycles. The number of Topliss-reactive ketones (excluding diaryl/α,β-unsaturated/α-hetero) is 1. The van der Waals surface area contributed by atoms with Gasteiger partial charge in [-0.2, -0.15) is 28.8 Å². The molecule has 0 aliphatic carbocycles. The molecule has 31 heteroatoms. The highest BCUT2D eigenvalue weighted by Gasteiger charge is 2.31. The predicted molar refractivity (Wildman–Crippen MR) is 466 cm³/mol. The van der Waals surface area contributed by atoms with Gasteiger partial charge in [0.25, 0.3) is 5.91 Å². The van der Waals surface area contributed by atoms with Crippen LogP contribution in [0.1, 0.15) is 120 Å². The Balaban J connectivity index is 0.000000265. The predicted octanol–water partition coefficient (Wildman–Crippen LogP) is 8.55. The van der Waals surface area contributed by atoms with Gasteiger partial charge in [-0.3, -0.25) is 53.7 Å². The normalized spacial score (nSPS) is 16.0. The Bertz CT molecular complexity index is 5090. The average Bonchev–Trinajstić information content (AvgIpc) is 0.809. The Morgan fingerprint density at radius 3 is 1.23 bits per heavy atom. The summed E-state index contributed by atoms with van der Waals surface area (Å²) in [5, 5.41) is 12.3. The van der Waals surface area contributed by atoms with E-state index < -0.39 is 12.0 Å². The summed E-state index contributed by atoms with van der Waals surface area (Å²) in [7, 11) is 0. The number of nitrogens with one attached hydrogen (secondary N) is 1. The van der Waals surface area contributed by atoms with Crippen molar-refractivity contribution in [3.8, 4) is 23.7 Å². The summed E-state index contributed by atoms with van der Waals surface area (Å²) < 4.78 is 47.8. The fraction of sp³-hybridized carbons (Fsp3) is 0.361. The molecule has 128 heavy (non-hydrogen) atoms. The SMILES string of the molecule is O=C(NCCC(=O)N1Cc2ccccc2C#Cc2ccccc21)c1ccc(C(c2ccccn2)N2CCOCCOCCN(Cc3ccccn3)CCOCCOCC2)cc1.O=C(O)c1cccc(CN2CCOCCOCCN(C(C(=O)CCCC(=O)N3Cc4ccccc4C#Cc4ccccc43)c3ccccn3)CCOCCOCC2)n1.O=C=O.O=C=O.O=C=O. The van der Waals surface area contributed by atoms with Crippen molar-refractivity contribution < 1.29 is 95.7 Å². The van der Waals surface area contributed by atoms with Gasteiger partial charge in [-0.25, -0.2) is 9.78 Å². The molecule has 2 unspecified atom stereocenters. The number of aromatic nitrogens is 4. The number of pyridine rings is 4. The number of ether oxygens (including phenoxy) is 8. The maximum absolute atomic E-state index is 14.2. The van der Waals surface area contributed by atoms with E-state index in [4.69, 9.17) is 71.6 Å². The Kier molecular flexibility index (Phi) is 44.5. The number of para-hydroxylation sites is 2. The third-order valence-electron chi connectivity index (χ3n) is 20.6. The van der Waals surface area contributed by atoms with E-state index in [9.17, 15) is 29.1 Å². The third kappa shape index (κ3) is 33.7. The first-order chi connectivity index (χ1) is 62.8. The Hall–Kier alpha value is -13.0. The van der Waals surface area contributed by atoms with Crippen molar-refractivity contribution in [3.63, 3.8) is 0 Å². The number of hydrogen-bond acceptors (Lipinski definition) is 27. The highest BCUT2D eigenvalue weighted by molar-refractivity contribution is 5.98. The van der Waals surface area contributed by atoms with Crippen LogP contribution in [-0.2, 0) is 107 Å². The highest BCUT2D eigenvalue weighted by Crippen LogP contribution is 2.32. The molecule has 2 N–H and O–H groups in total. The number of ketones is 1. The van der Waals surface area contributed by atoms with Crippen molar-refractivity contribution in [2.45, 2.75) is 63.9 Å². The van der Waals surface area contributed by atoms with E-state index in [1.165, 1.54) is 6.07 Å². The van der Waals surface area contributed by atoms with E-state index in [2.05, 4.69) is 58.7 Å². The number of nitrogens with zero attached hydrogens (tertiary/aromatic N) is 10. The van der Waals surface area contributed by atoms with Crippen LogP contribution in [0.4, 0.5) is 11.4 Å². The number of carbonyl (C=O) groups excluding carboxylic acids is 10. The molecule has 0 bridgehead atoms. The van der Waals surface area contributed by atoms with E-state index in [0.717, 1.165) is 81.3 Å². The van der Waals surface area contributed by atoms with Crippen molar-refractivity contribution >= 4 is 59.3 Å². The van der Waals surface area contributed by atoms with Crippen LogP contribution in [0.2, 0.25) is 0 Å². The number of hydrogen-bond donors (Lipinski definition) is 2. The van der Waals surface area contributed by atoms with E-state index in [1.54, 1.807) is 28.3 Å². The number of aromatic carboxylic acids is 1. The van der Waals surface area contributed by atoms with Gasteiger partial charge in [-0.15, -0.1) is 0 Å². The molecular formula is C97H105N11O20. The van der Waals surface area contributed by atoms with Gasteiger partial charge >= 0.3 is 24.4 Å². The smallest absolute Gasteiger partial charge is 0.373 e. The number of rotatable bonds is 19. The van der Waals surface area contributed by atoms with Crippen molar-refractivity contribution in [2.24, 2.45) is 0 Å². The van der Waals surface area contributed by atoms with Crippen molar-refractivity contribution in [2.75, 3.05) is 174 Å². The van der Waals surface area contributed by atoms with Crippen LogP contribution in [0.25, 0.3) is 0 Å². The first-order valence-electron chi connectivity index (χ1n) is 42.2. The maximum Gasteiger partial charge on any atom is 0.373 e. The summed E-state index contributed by atoms with van der Waals surface area (Å²) in [6, 6.07) is 60.3. The van der Waals surface area contributed by atoms with Crippen molar-refractivity contribution in [1.29, 1.82) is 0 Å². The van der Waals surface area contributed by atoms with Crippen LogP contribution >= 0.6 is 0 Å². The average molecular weight is 1740 g/mol. The standard InChI is InChI=1S/C49H54N6O6.C45H51N5O8.3CO2/c56-47(55-37-43-11-2-1-9-39(43)15-16-40-10-3-4-14-46(40)55)21-24-52-49(57)42-19-17-41(18-20-42)48(45-13-6-8-23-51-45)54-27-31-60-35-33-58-29-25-53(38-44-12-5-7-22-50-44)26-30-59-34-36-61-32-28-54;51-42(16-8-17-43(52)50-33-37-11-2-1-9-35(37)18-19-36-10-3-4-15-41(36)50)44(39-13-5-6-20-46-39)49-23-27-57-31-29-55-25-21-48(22-26-56-30-32-58-28-24-49)34-38-12-7-14-40(47-38)45(53)54;3*2-1-3/h1-14,17-20,22-23,48H,21,24-38H2,(H,52,57);1-7,9-15,20,44H,8,16-17,21-34H2,(H,53,54);;;. The Morgan fingerprint density at radius 2 is 0.781 bits per heavy atom. The molecule has 2 fully saturated rings. The number of carboxylic acid groups (broad SMARTS) is 1. The number of fused-ring (bicyclic) bond motifs is 4. The summed E-state index contributed by atoms with van der Waals surface area (Å²) in [6.45, 7) is 14.2. The zero-order valence-corrected chi connectivity index (χ0v) is 71.4. The third-order valence-corrected chi connectivity index (χ3v) is 20.6. The number of carboxylic acids is 1. The summed E-state index contributed by atoms with van der Waals surface area (Å²) in [6.07, 6.45) is 6.96. The minimum Gasteiger partial charge on any atom is -0.477 e. The fourth-order valence-corrected chi connectivity index (χ4v) is 14.3. The van der Waals surface area contributed by atoms with Crippen LogP contribution in [0.15, 0.2) is 213 Å². The van der Waals surface area contributed by atoms with Crippen molar-refractivity contribution in [1.82, 2.24) is 44.9 Å². The second kappa shape index (κ2) is 57.6. The second-order valence-electron chi connectivity index (χ2n) is 29.0. The summed E-state index contributed by atoms with van der Waals surface area (Å²) in [5.74, 6) is 11.5. The molecule has 31 nitrogen and oxygen atoms in total. The largest absolute Gasteiger partial charge is 0.477 e. The lowest BCUT2D eigenvalue weighted by atomic mass is 9.99. The lowest BCUT2D eigenvalue weighted by Gasteiger charge is -2.32. The van der Waals surface area contributed by atoms with Crippen LogP contribution in [0.5, 0.6) is 0 Å². The van der Waals surface area contributed by atoms with Crippen LogP contribution in [0, 0.1) is 23.7 Å². The molecule has 668 valence electrons. The summed E-state index contributed by atoms with van der Waals surface area (Å²) in [4.78, 5) is 146. The molecule has 13 rings (SSSR count). The topological polar surface area (TPSA) is 365 Å². The van der Waals surface area contributed by atoms with Gasteiger partial charge in [0.1, 0.15) is 11.7 Å². The van der Waals surface area contributed by atoms with Gasteiger partial charge in [0.05, 0.1) is 159 Å². The minimum atomic E-state index is -1.06. The molecule has 4 aliphatic rings. The van der Waals surface area contributed by atoms with Gasteiger partial charge in [-0.1, -0.05) is 121 Å². The molecule has 4 aromatic heterocycles. The highest BCUT2D eigenvalue weighted by atomic mass is 16.5. The maximum atomic E-state index is 14.2. The van der Waals surface area contributed by atoms with E-state index in [0.29, 0.717) is 188 Å². The number of anilines is 2. The first-order valence-corrected chi connectivity index (χ1v) is 42.2. The van der Waals surface area contributed by atoms with Gasteiger partial charge in [-0.05, 0) is 120 Å². The van der Waals surface area contributed by atoms with Crippen LogP contribution < -0.4 is 15.1 Å². The summed E-state index contributed by atoms with van der Waals surface area (Å²) >= 11 is 0. The van der Waals surface area contributed by atoms with E-state index in [-0.39, 0.29) is 79.5 Å². The number of carbonyl (C=O) groups is 5. The van der Waals surface area contributed by atoms with Crippen LogP contribution in [0.3, 0.4) is 0 Å². The molecule has 0 saturated carbocycles. The molecule has 4 aliphatic heterocycles. The fourth-order valence-electron chi connectivity index (χ4n) is 14.3.